The van der Waals surface area contributed by atoms with Gasteiger partial charge in [0.2, 0.25) is 0 Å². The molecule has 0 saturated carbocycles. The van der Waals surface area contributed by atoms with E-state index >= 15 is 0 Å². The molecule has 1 heterocycles. The molecule has 4 unspecified atom stereocenters. The molecule has 0 spiro atoms. The van der Waals surface area contributed by atoms with Crippen molar-refractivity contribution in [3.05, 3.63) is 0 Å². The van der Waals surface area contributed by atoms with Gasteiger partial charge in [-0.25, -0.2) is 0 Å². The quantitative estimate of drug-likeness (QED) is 0.473. The zero-order valence-electron chi connectivity index (χ0n) is 14.8. The van der Waals surface area contributed by atoms with E-state index in [0.29, 0.717) is 13.2 Å². The first-order valence-electron chi connectivity index (χ1n) is 8.31. The van der Waals surface area contributed by atoms with Crippen LogP contribution in [0, 0.1) is 0 Å². The maximum absolute atomic E-state index is 6.28. The fourth-order valence-corrected chi connectivity index (χ4v) is 16.7. The highest BCUT2D eigenvalue weighted by Crippen LogP contribution is 2.24. The second-order valence-electron chi connectivity index (χ2n) is 5.74. The van der Waals surface area contributed by atoms with Gasteiger partial charge in [0.1, 0.15) is 0 Å². The van der Waals surface area contributed by atoms with Crippen LogP contribution in [0.15, 0.2) is 0 Å². The van der Waals surface area contributed by atoms with Crippen LogP contribution in [-0.2, 0) is 25.3 Å². The molecule has 10 heteroatoms. The van der Waals surface area contributed by atoms with Crippen LogP contribution in [0.5, 0.6) is 0 Å². The Morgan fingerprint density at radius 2 is 1.23 bits per heavy atom. The first-order chi connectivity index (χ1) is 10.3. The van der Waals surface area contributed by atoms with E-state index < -0.39 is 36.2 Å². The van der Waals surface area contributed by atoms with Crippen molar-refractivity contribution in [2.75, 3.05) is 13.2 Å². The molecular formula is C12H32O6Si4. The Bertz CT molecular complexity index is 298. The molecule has 0 N–H and O–H groups in total. The first-order valence-corrected chi connectivity index (χ1v) is 17.0. The van der Waals surface area contributed by atoms with Crippen molar-refractivity contribution in [3.63, 3.8) is 0 Å². The van der Waals surface area contributed by atoms with E-state index in [1.54, 1.807) is 0 Å². The maximum Gasteiger partial charge on any atom is 0.481 e. The minimum absolute atomic E-state index is 0.646. The van der Waals surface area contributed by atoms with Crippen LogP contribution >= 0.6 is 0 Å². The summed E-state index contributed by atoms with van der Waals surface area (Å²) in [6.45, 7) is 13.4. The number of rotatable bonds is 8. The van der Waals surface area contributed by atoms with Gasteiger partial charge in [0.25, 0.3) is 0 Å². The van der Waals surface area contributed by atoms with Gasteiger partial charge < -0.3 is 25.3 Å². The third-order valence-electron chi connectivity index (χ3n) is 3.24. The SMILES string of the molecule is CCCCO[Si]1(C)O[SiH](C)O[SiH](C)O[Si](C)(OCCCC)O1. The molecule has 0 aliphatic carbocycles. The molecule has 4 atom stereocenters. The summed E-state index contributed by atoms with van der Waals surface area (Å²) in [5.41, 5.74) is 0. The minimum Gasteiger partial charge on any atom is -0.420 e. The van der Waals surface area contributed by atoms with E-state index in [2.05, 4.69) is 13.8 Å². The molecule has 6 nitrogen and oxygen atoms in total. The van der Waals surface area contributed by atoms with Crippen molar-refractivity contribution in [3.8, 4) is 0 Å². The predicted octanol–water partition coefficient (Wildman–Crippen LogP) is 2.54. The van der Waals surface area contributed by atoms with Crippen LogP contribution in [0.4, 0.5) is 0 Å². The lowest BCUT2D eigenvalue weighted by Crippen LogP contribution is -2.62. The molecular weight excluding hydrogens is 352 g/mol. The van der Waals surface area contributed by atoms with Crippen LogP contribution in [0.1, 0.15) is 39.5 Å². The fourth-order valence-electron chi connectivity index (χ4n) is 2.24. The smallest absolute Gasteiger partial charge is 0.420 e. The summed E-state index contributed by atoms with van der Waals surface area (Å²) in [7, 11) is -9.11. The molecule has 0 aromatic rings. The number of hydrogen-bond donors (Lipinski definition) is 0. The van der Waals surface area contributed by atoms with Gasteiger partial charge in [-0.1, -0.05) is 26.7 Å². The summed E-state index contributed by atoms with van der Waals surface area (Å²) in [6, 6.07) is 0. The zero-order chi connectivity index (χ0) is 16.6. The molecule has 0 amide bonds. The van der Waals surface area contributed by atoms with Crippen molar-refractivity contribution >= 4 is 36.2 Å². The van der Waals surface area contributed by atoms with E-state index in [4.69, 9.17) is 25.3 Å². The molecule has 0 radical (unpaired) electrons. The third kappa shape index (κ3) is 7.46. The van der Waals surface area contributed by atoms with Crippen molar-refractivity contribution < 1.29 is 25.3 Å². The average molecular weight is 385 g/mol. The topological polar surface area (TPSA) is 55.4 Å². The monoisotopic (exact) mass is 384 g/mol. The maximum atomic E-state index is 6.28. The molecule has 132 valence electrons. The summed E-state index contributed by atoms with van der Waals surface area (Å²) >= 11 is 0. The van der Waals surface area contributed by atoms with Gasteiger partial charge in [0.15, 0.2) is 0 Å². The van der Waals surface area contributed by atoms with Crippen molar-refractivity contribution in [2.24, 2.45) is 0 Å². The summed E-state index contributed by atoms with van der Waals surface area (Å²) in [6.07, 6.45) is 4.15. The van der Waals surface area contributed by atoms with Crippen LogP contribution in [0.2, 0.25) is 26.2 Å². The van der Waals surface area contributed by atoms with Gasteiger partial charge in [0.05, 0.1) is 0 Å². The standard InChI is InChI=1S/C12H32O6Si4/c1-7-9-11-13-21(5)16-19(3)15-20(4)17-22(6,18-21)14-12-10-8-2/h19-20H,7-12H2,1-6H3. The summed E-state index contributed by atoms with van der Waals surface area (Å²) in [5, 5.41) is 0. The normalized spacial score (nSPS) is 36.8. The predicted molar refractivity (Wildman–Crippen MR) is 95.3 cm³/mol. The summed E-state index contributed by atoms with van der Waals surface area (Å²) < 4.78 is 36.5. The summed E-state index contributed by atoms with van der Waals surface area (Å²) in [4.78, 5) is 0. The highest BCUT2D eigenvalue weighted by Gasteiger charge is 2.51. The molecule has 1 saturated heterocycles. The Morgan fingerprint density at radius 3 is 1.59 bits per heavy atom. The minimum atomic E-state index is -2.77. The van der Waals surface area contributed by atoms with Crippen molar-refractivity contribution in [2.45, 2.75) is 65.7 Å². The number of unbranched alkanes of at least 4 members (excludes halogenated alkanes) is 2. The molecule has 1 rings (SSSR count). The molecule has 1 aliphatic rings. The van der Waals surface area contributed by atoms with Crippen LogP contribution in [0.25, 0.3) is 0 Å². The largest absolute Gasteiger partial charge is 0.481 e. The Labute approximate surface area is 140 Å². The summed E-state index contributed by atoms with van der Waals surface area (Å²) in [5.74, 6) is 0. The van der Waals surface area contributed by atoms with E-state index in [1.807, 2.05) is 26.2 Å². The molecule has 1 fully saturated rings. The van der Waals surface area contributed by atoms with E-state index in [1.165, 1.54) is 0 Å². The Morgan fingerprint density at radius 1 is 0.818 bits per heavy atom. The third-order valence-corrected chi connectivity index (χ3v) is 16.8. The molecule has 0 aromatic heterocycles. The zero-order valence-corrected chi connectivity index (χ0v) is 19.2. The van der Waals surface area contributed by atoms with Crippen molar-refractivity contribution in [1.29, 1.82) is 0 Å². The van der Waals surface area contributed by atoms with E-state index in [9.17, 15) is 0 Å². The van der Waals surface area contributed by atoms with Gasteiger partial charge >= 0.3 is 36.2 Å². The lowest BCUT2D eigenvalue weighted by Gasteiger charge is -2.40. The van der Waals surface area contributed by atoms with E-state index in [0.717, 1.165) is 25.7 Å². The van der Waals surface area contributed by atoms with Gasteiger partial charge in [-0.3, -0.25) is 0 Å². The second-order valence-corrected chi connectivity index (χ2v) is 15.8. The van der Waals surface area contributed by atoms with Gasteiger partial charge in [0, 0.05) is 26.3 Å². The van der Waals surface area contributed by atoms with E-state index in [-0.39, 0.29) is 0 Å². The Balaban J connectivity index is 2.76. The number of hydrogen-bond acceptors (Lipinski definition) is 6. The molecule has 1 aliphatic heterocycles. The second kappa shape index (κ2) is 9.81. The molecule has 0 bridgehead atoms. The van der Waals surface area contributed by atoms with Gasteiger partial charge in [-0.15, -0.1) is 0 Å². The lowest BCUT2D eigenvalue weighted by molar-refractivity contribution is 0.0855. The van der Waals surface area contributed by atoms with Crippen LogP contribution < -0.4 is 0 Å². The Kier molecular flexibility index (Phi) is 9.22. The van der Waals surface area contributed by atoms with Gasteiger partial charge in [-0.05, 0) is 25.9 Å². The molecule has 0 aromatic carbocycles. The lowest BCUT2D eigenvalue weighted by atomic mass is 10.4. The highest BCUT2D eigenvalue weighted by molar-refractivity contribution is 6.82. The van der Waals surface area contributed by atoms with Crippen LogP contribution in [-0.4, -0.2) is 49.4 Å². The van der Waals surface area contributed by atoms with Gasteiger partial charge in [-0.2, -0.15) is 0 Å². The molecule has 22 heavy (non-hydrogen) atoms. The van der Waals surface area contributed by atoms with Crippen molar-refractivity contribution in [1.82, 2.24) is 0 Å². The first kappa shape index (κ1) is 20.7. The van der Waals surface area contributed by atoms with Crippen LogP contribution in [0.3, 0.4) is 0 Å². The average Bonchev–Trinajstić information content (AvgIpc) is 2.36. The Hall–Kier alpha value is 0.628. The fraction of sp³-hybridized carbons (Fsp3) is 1.00. The highest BCUT2D eigenvalue weighted by atomic mass is 28.5.